The molecule has 0 saturated carbocycles. The Labute approximate surface area is 159 Å². The number of alkyl halides is 3. The third kappa shape index (κ3) is 4.23. The number of aromatic amines is 1. The number of aromatic nitrogens is 1. The molecule has 0 atom stereocenters. The van der Waals surface area contributed by atoms with Crippen molar-refractivity contribution < 1.29 is 27.3 Å². The molecule has 0 aliphatic heterocycles. The Bertz CT molecular complexity index is 1190. The zero-order chi connectivity index (χ0) is 21.3. The Morgan fingerprint density at radius 3 is 2.52 bits per heavy atom. The number of fused-ring (bicyclic) bond motifs is 1. The first-order chi connectivity index (χ1) is 13.6. The highest BCUT2D eigenvalue weighted by atomic mass is 19.4. The molecule has 2 N–H and O–H groups in total. The fourth-order valence-corrected chi connectivity index (χ4v) is 2.78. The molecule has 0 spiro atoms. The van der Waals surface area contributed by atoms with Gasteiger partial charge in [0.25, 0.3) is 11.6 Å². The van der Waals surface area contributed by atoms with Crippen molar-refractivity contribution in [2.75, 3.05) is 0 Å². The third-order valence-corrected chi connectivity index (χ3v) is 4.10. The summed E-state index contributed by atoms with van der Waals surface area (Å²) in [5, 5.41) is 13.2. The van der Waals surface area contributed by atoms with E-state index >= 15 is 0 Å². The molecule has 3 aromatic rings. The van der Waals surface area contributed by atoms with Gasteiger partial charge >= 0.3 is 6.18 Å². The van der Waals surface area contributed by atoms with Gasteiger partial charge < -0.3 is 10.3 Å². The molecule has 0 unspecified atom stereocenters. The zero-order valence-electron chi connectivity index (χ0n) is 14.3. The van der Waals surface area contributed by atoms with E-state index in [9.17, 15) is 37.3 Å². The molecule has 150 valence electrons. The predicted molar refractivity (Wildman–Crippen MR) is 93.8 cm³/mol. The monoisotopic (exact) mass is 409 g/mol. The Kier molecular flexibility index (Phi) is 5.06. The molecular weight excluding hydrogens is 398 g/mol. The number of hydrogen-bond acceptors (Lipinski definition) is 4. The lowest BCUT2D eigenvalue weighted by Gasteiger charge is -2.14. The highest BCUT2D eigenvalue weighted by Crippen LogP contribution is 2.32. The van der Waals surface area contributed by atoms with Gasteiger partial charge in [0.2, 0.25) is 5.56 Å². The van der Waals surface area contributed by atoms with Gasteiger partial charge in [-0.1, -0.05) is 6.07 Å². The van der Waals surface area contributed by atoms with E-state index in [4.69, 9.17) is 0 Å². The average molecular weight is 409 g/mol. The Hall–Kier alpha value is -3.76. The first-order valence-electron chi connectivity index (χ1n) is 8.01. The van der Waals surface area contributed by atoms with Gasteiger partial charge in [-0.15, -0.1) is 0 Å². The lowest BCUT2D eigenvalue weighted by atomic mass is 10.1. The zero-order valence-corrected chi connectivity index (χ0v) is 14.3. The van der Waals surface area contributed by atoms with Crippen LogP contribution in [0.3, 0.4) is 0 Å². The van der Waals surface area contributed by atoms with Crippen molar-refractivity contribution in [2.24, 2.45) is 0 Å². The average Bonchev–Trinajstić information content (AvgIpc) is 2.64. The standard InChI is InChI=1S/C18H11F4N3O4/c19-10-2-1-9(14(5-10)18(20,21)22)8-23-17(27)13-7-16(26)24-15-4-3-11(25(28)29)6-12(13)15/h1-7H,8H2,(H,23,27)(H,24,26). The van der Waals surface area contributed by atoms with E-state index in [1.54, 1.807) is 0 Å². The number of hydrogen-bond donors (Lipinski definition) is 2. The molecule has 29 heavy (non-hydrogen) atoms. The van der Waals surface area contributed by atoms with Gasteiger partial charge in [-0.05, 0) is 23.8 Å². The second kappa shape index (κ2) is 7.34. The molecule has 0 fully saturated rings. The molecule has 0 saturated heterocycles. The summed E-state index contributed by atoms with van der Waals surface area (Å²) in [5.74, 6) is -2.00. The first kappa shape index (κ1) is 20.0. The van der Waals surface area contributed by atoms with Crippen molar-refractivity contribution in [2.45, 2.75) is 12.7 Å². The molecule has 2 aromatic carbocycles. The van der Waals surface area contributed by atoms with Crippen LogP contribution in [0.4, 0.5) is 23.2 Å². The number of H-pyrrole nitrogens is 1. The number of rotatable bonds is 4. The fraction of sp³-hybridized carbons (Fsp3) is 0.111. The maximum atomic E-state index is 13.2. The summed E-state index contributed by atoms with van der Waals surface area (Å²) >= 11 is 0. The third-order valence-electron chi connectivity index (χ3n) is 4.10. The van der Waals surface area contributed by atoms with E-state index in [1.165, 1.54) is 6.07 Å². The minimum Gasteiger partial charge on any atom is -0.348 e. The normalized spacial score (nSPS) is 11.4. The van der Waals surface area contributed by atoms with Crippen LogP contribution in [0.2, 0.25) is 0 Å². The summed E-state index contributed by atoms with van der Waals surface area (Å²) < 4.78 is 52.4. The lowest BCUT2D eigenvalue weighted by Crippen LogP contribution is -2.26. The molecule has 11 heteroatoms. The number of nitrogens with one attached hydrogen (secondary N) is 2. The van der Waals surface area contributed by atoms with Crippen LogP contribution in [-0.4, -0.2) is 15.8 Å². The predicted octanol–water partition coefficient (Wildman–Crippen LogP) is 3.52. The quantitative estimate of drug-likeness (QED) is 0.391. The SMILES string of the molecule is O=C(NCc1ccc(F)cc1C(F)(F)F)c1cc(=O)[nH]c2ccc([N+](=O)[O-])cc12. The second-order valence-corrected chi connectivity index (χ2v) is 6.02. The molecule has 0 radical (unpaired) electrons. The van der Waals surface area contributed by atoms with E-state index < -0.39 is 40.5 Å². The topological polar surface area (TPSA) is 105 Å². The van der Waals surface area contributed by atoms with Crippen LogP contribution in [0.25, 0.3) is 10.9 Å². The molecule has 1 amide bonds. The van der Waals surface area contributed by atoms with Crippen LogP contribution in [-0.2, 0) is 12.7 Å². The van der Waals surface area contributed by atoms with Crippen molar-refractivity contribution in [3.63, 3.8) is 0 Å². The Balaban J connectivity index is 1.96. The van der Waals surface area contributed by atoms with Crippen molar-refractivity contribution >= 4 is 22.5 Å². The fourth-order valence-electron chi connectivity index (χ4n) is 2.78. The Morgan fingerprint density at radius 2 is 1.86 bits per heavy atom. The van der Waals surface area contributed by atoms with Gasteiger partial charge in [-0.2, -0.15) is 13.2 Å². The lowest BCUT2D eigenvalue weighted by molar-refractivity contribution is -0.384. The molecular formula is C18H11F4N3O4. The second-order valence-electron chi connectivity index (χ2n) is 6.02. The van der Waals surface area contributed by atoms with Crippen LogP contribution in [0, 0.1) is 15.9 Å². The summed E-state index contributed by atoms with van der Waals surface area (Å²) in [6.07, 6.45) is -4.83. The summed E-state index contributed by atoms with van der Waals surface area (Å²) in [6, 6.07) is 6.35. The van der Waals surface area contributed by atoms with Crippen LogP contribution in [0.15, 0.2) is 47.3 Å². The molecule has 0 bridgehead atoms. The number of pyridine rings is 1. The van der Waals surface area contributed by atoms with E-state index in [2.05, 4.69) is 10.3 Å². The number of nitro groups is 1. The number of benzene rings is 2. The van der Waals surface area contributed by atoms with Crippen molar-refractivity contribution in [1.29, 1.82) is 0 Å². The highest BCUT2D eigenvalue weighted by molar-refractivity contribution is 6.06. The van der Waals surface area contributed by atoms with Gasteiger partial charge in [0.1, 0.15) is 5.82 Å². The largest absolute Gasteiger partial charge is 0.416 e. The van der Waals surface area contributed by atoms with Gasteiger partial charge in [0.05, 0.1) is 16.1 Å². The van der Waals surface area contributed by atoms with E-state index in [-0.39, 0.29) is 27.7 Å². The van der Waals surface area contributed by atoms with Gasteiger partial charge in [-0.3, -0.25) is 19.7 Å². The van der Waals surface area contributed by atoms with E-state index in [1.807, 2.05) is 0 Å². The van der Waals surface area contributed by atoms with Gasteiger partial charge in [-0.25, -0.2) is 4.39 Å². The number of carbonyl (C=O) groups excluding carboxylic acids is 1. The van der Waals surface area contributed by atoms with Crippen molar-refractivity contribution in [3.05, 3.63) is 85.4 Å². The molecule has 1 aromatic heterocycles. The van der Waals surface area contributed by atoms with Crippen LogP contribution >= 0.6 is 0 Å². The van der Waals surface area contributed by atoms with Crippen LogP contribution < -0.4 is 10.9 Å². The molecule has 0 aliphatic carbocycles. The number of halogens is 4. The van der Waals surface area contributed by atoms with E-state index in [0.717, 1.165) is 30.3 Å². The first-order valence-corrected chi connectivity index (χ1v) is 8.01. The molecule has 3 rings (SSSR count). The Morgan fingerprint density at radius 1 is 1.14 bits per heavy atom. The summed E-state index contributed by atoms with van der Waals surface area (Å²) in [4.78, 5) is 36.9. The van der Waals surface area contributed by atoms with Crippen molar-refractivity contribution in [1.82, 2.24) is 10.3 Å². The summed E-state index contributed by atoms with van der Waals surface area (Å²) in [7, 11) is 0. The number of carbonyl (C=O) groups is 1. The summed E-state index contributed by atoms with van der Waals surface area (Å²) in [5.41, 5.74) is -2.74. The maximum Gasteiger partial charge on any atom is 0.416 e. The molecule has 1 heterocycles. The summed E-state index contributed by atoms with van der Waals surface area (Å²) in [6.45, 7) is -0.600. The number of nitro benzene ring substituents is 1. The number of amides is 1. The van der Waals surface area contributed by atoms with Crippen molar-refractivity contribution in [3.8, 4) is 0 Å². The van der Waals surface area contributed by atoms with Gasteiger partial charge in [0, 0.05) is 35.6 Å². The van der Waals surface area contributed by atoms with Gasteiger partial charge in [0.15, 0.2) is 0 Å². The molecule has 7 nitrogen and oxygen atoms in total. The molecule has 0 aliphatic rings. The minimum atomic E-state index is -4.83. The van der Waals surface area contributed by atoms with Crippen LogP contribution in [0.5, 0.6) is 0 Å². The minimum absolute atomic E-state index is 0.0476. The number of nitrogens with zero attached hydrogens (tertiary/aromatic N) is 1. The van der Waals surface area contributed by atoms with Crippen LogP contribution in [0.1, 0.15) is 21.5 Å². The van der Waals surface area contributed by atoms with E-state index in [0.29, 0.717) is 6.07 Å². The highest BCUT2D eigenvalue weighted by Gasteiger charge is 2.33. The smallest absolute Gasteiger partial charge is 0.348 e. The maximum absolute atomic E-state index is 13.2. The number of non-ortho nitro benzene ring substituents is 1.